The molecule has 410 valence electrons. The summed E-state index contributed by atoms with van der Waals surface area (Å²) in [5, 5.41) is 5.34. The second kappa shape index (κ2) is 17.4. The molecule has 1 aliphatic carbocycles. The zero-order valence-electron chi connectivity index (χ0n) is 51.4. The first-order valence-electron chi connectivity index (χ1n) is 29.9. The number of hydrogen-bond donors (Lipinski definition) is 0. The van der Waals surface area contributed by atoms with E-state index in [-0.39, 0.29) is 39.3 Å². The van der Waals surface area contributed by atoms with Crippen molar-refractivity contribution in [3.05, 3.63) is 203 Å². The van der Waals surface area contributed by atoms with Crippen molar-refractivity contribution in [2.24, 2.45) is 0 Å². The van der Waals surface area contributed by atoms with Gasteiger partial charge in [-0.3, -0.25) is 0 Å². The van der Waals surface area contributed by atoms with Gasteiger partial charge in [0.15, 0.2) is 0 Å². The Morgan fingerprint density at radius 3 is 1.56 bits per heavy atom. The van der Waals surface area contributed by atoms with Crippen LogP contribution in [0.4, 0.5) is 28.4 Å². The van der Waals surface area contributed by atoms with Crippen LogP contribution in [0.25, 0.3) is 69.9 Å². The molecule has 11 aromatic rings. The van der Waals surface area contributed by atoms with E-state index in [0.29, 0.717) is 0 Å². The van der Waals surface area contributed by atoms with Crippen LogP contribution >= 0.6 is 11.3 Å². The molecule has 4 heterocycles. The lowest BCUT2D eigenvalue weighted by molar-refractivity contribution is 0.590. The summed E-state index contributed by atoms with van der Waals surface area (Å²) in [5.41, 5.74) is 27.3. The van der Waals surface area contributed by atoms with E-state index in [1.165, 1.54) is 131 Å². The van der Waals surface area contributed by atoms with Crippen LogP contribution in [0.2, 0.25) is 0 Å². The van der Waals surface area contributed by atoms with Gasteiger partial charge in [-0.25, -0.2) is 0 Å². The maximum Gasteiger partial charge on any atom is 0.333 e. The molecule has 0 spiro atoms. The topological polar surface area (TPSA) is 11.4 Å². The van der Waals surface area contributed by atoms with E-state index in [9.17, 15) is 0 Å². The zero-order valence-corrected chi connectivity index (χ0v) is 52.2. The molecule has 5 heteroatoms. The molecule has 9 aromatic carbocycles. The average Bonchev–Trinajstić information content (AvgIpc) is 2.00. The third kappa shape index (κ3) is 7.81. The summed E-state index contributed by atoms with van der Waals surface area (Å²) in [6.45, 7) is 39.8. The number of aromatic nitrogens is 1. The van der Waals surface area contributed by atoms with Crippen LogP contribution in [0.1, 0.15) is 157 Å². The summed E-state index contributed by atoms with van der Waals surface area (Å²) in [6, 6.07) is 64.8. The zero-order chi connectivity index (χ0) is 57.7. The monoisotopic (exact) mass is 1090 g/mol. The maximum atomic E-state index is 2.76. The number of hydrogen-bond acceptors (Lipinski definition) is 3. The van der Waals surface area contributed by atoms with Gasteiger partial charge in [0, 0.05) is 76.0 Å². The second-order valence-corrected chi connectivity index (χ2v) is 31.0. The third-order valence-corrected chi connectivity index (χ3v) is 20.0. The summed E-state index contributed by atoms with van der Waals surface area (Å²) in [6.07, 6.45) is 0. The lowest BCUT2D eigenvalue weighted by Gasteiger charge is -2.43. The molecule has 0 saturated carbocycles. The Morgan fingerprint density at radius 2 is 0.963 bits per heavy atom. The van der Waals surface area contributed by atoms with Crippen LogP contribution in [0, 0.1) is 0 Å². The molecule has 0 atom stereocenters. The fraction of sp³-hybridized carbons (Fsp3) is 0.299. The number of thiophene rings is 1. The molecule has 14 rings (SSSR count). The van der Waals surface area contributed by atoms with Crippen molar-refractivity contribution in [2.45, 2.75) is 150 Å². The highest BCUT2D eigenvalue weighted by atomic mass is 32.1. The van der Waals surface area contributed by atoms with Gasteiger partial charge in [0.2, 0.25) is 0 Å². The lowest BCUT2D eigenvalue weighted by atomic mass is 9.43. The Morgan fingerprint density at radius 1 is 0.439 bits per heavy atom. The summed E-state index contributed by atoms with van der Waals surface area (Å²) in [5.74, 6) is 0. The lowest BCUT2D eigenvalue weighted by Crippen LogP contribution is -2.61. The second-order valence-electron chi connectivity index (χ2n) is 29.9. The minimum absolute atomic E-state index is 0.00711. The fourth-order valence-corrected chi connectivity index (χ4v) is 15.4. The van der Waals surface area contributed by atoms with Gasteiger partial charge >= 0.3 is 6.85 Å². The van der Waals surface area contributed by atoms with Gasteiger partial charge in [-0.15, -0.1) is 11.3 Å². The first kappa shape index (κ1) is 52.7. The molecule has 2 aliphatic heterocycles. The Balaban J connectivity index is 1.10. The van der Waals surface area contributed by atoms with Crippen LogP contribution in [0.5, 0.6) is 0 Å². The van der Waals surface area contributed by atoms with Gasteiger partial charge in [-0.05, 0) is 172 Å². The van der Waals surface area contributed by atoms with E-state index < -0.39 is 0 Å². The first-order chi connectivity index (χ1) is 38.6. The minimum atomic E-state index is -0.272. The van der Waals surface area contributed by atoms with Gasteiger partial charge in [0.1, 0.15) is 0 Å². The molecule has 3 nitrogen and oxygen atoms in total. The predicted octanol–water partition coefficient (Wildman–Crippen LogP) is 20.7. The van der Waals surface area contributed by atoms with Crippen LogP contribution in [-0.4, -0.2) is 11.4 Å². The van der Waals surface area contributed by atoms with Gasteiger partial charge in [-0.2, -0.15) is 0 Å². The van der Waals surface area contributed by atoms with Crippen LogP contribution in [0.15, 0.2) is 164 Å². The molecule has 82 heavy (non-hydrogen) atoms. The Bertz CT molecular complexity index is 4420. The predicted molar refractivity (Wildman–Crippen MR) is 358 cm³/mol. The molecule has 0 radical (unpaired) electrons. The molecule has 0 fully saturated rings. The summed E-state index contributed by atoms with van der Waals surface area (Å²) in [7, 11) is 0. The van der Waals surface area contributed by atoms with Gasteiger partial charge in [-0.1, -0.05) is 203 Å². The minimum Gasteiger partial charge on any atom is -0.376 e. The molecule has 0 amide bonds. The van der Waals surface area contributed by atoms with E-state index in [1.807, 2.05) is 11.3 Å². The summed E-state index contributed by atoms with van der Waals surface area (Å²) >= 11 is 1.93. The van der Waals surface area contributed by atoms with Crippen molar-refractivity contribution in [2.75, 3.05) is 9.71 Å². The van der Waals surface area contributed by atoms with Crippen LogP contribution in [0.3, 0.4) is 0 Å². The highest BCUT2D eigenvalue weighted by Crippen LogP contribution is 2.60. The summed E-state index contributed by atoms with van der Waals surface area (Å²) < 4.78 is 5.27. The summed E-state index contributed by atoms with van der Waals surface area (Å²) in [4.78, 5) is 5.21. The Kier molecular flexibility index (Phi) is 11.2. The molecule has 0 bridgehead atoms. The van der Waals surface area contributed by atoms with E-state index in [4.69, 9.17) is 0 Å². The van der Waals surface area contributed by atoms with Gasteiger partial charge in [0.05, 0.1) is 11.0 Å². The van der Waals surface area contributed by atoms with E-state index in [2.05, 4.69) is 296 Å². The van der Waals surface area contributed by atoms with Crippen molar-refractivity contribution in [1.29, 1.82) is 0 Å². The molecule has 2 aromatic heterocycles. The highest BCUT2D eigenvalue weighted by Gasteiger charge is 2.50. The number of benzene rings is 9. The standard InChI is InChI=1S/C77H78BN3S/c1-72(2,3)45-22-30-50(31-23-45)79(51-32-24-46(25-33-51)73(4,5)6)53-36-37-54-56-43-58-63(44-65(56)82-64(54)42-53)81(52-34-26-47(27-35-52)74(7,8)9)78-60-41-49(76(13,14)15)29-39-62(60)80-61-38-28-48(75(10,11)12)40-57(61)68-69-66(67(58)70(78)71(68)80)55-20-18-19-21-59(55)77(69,16)17/h18-44H,1-17H3. The Hall–Kier alpha value is -7.34. The molecule has 0 unspecified atom stereocenters. The van der Waals surface area contributed by atoms with Crippen LogP contribution in [-0.2, 0) is 32.5 Å². The van der Waals surface area contributed by atoms with Crippen molar-refractivity contribution >= 4 is 99.5 Å². The molecule has 0 saturated heterocycles. The number of anilines is 5. The van der Waals surface area contributed by atoms with Crippen molar-refractivity contribution in [3.8, 4) is 27.9 Å². The molecule has 3 aliphatic rings. The highest BCUT2D eigenvalue weighted by molar-refractivity contribution is 7.26. The van der Waals surface area contributed by atoms with Gasteiger partial charge < -0.3 is 14.3 Å². The normalized spacial score (nSPS) is 14.7. The largest absolute Gasteiger partial charge is 0.376 e. The van der Waals surface area contributed by atoms with Crippen molar-refractivity contribution < 1.29 is 0 Å². The van der Waals surface area contributed by atoms with Crippen molar-refractivity contribution in [1.82, 2.24) is 4.57 Å². The van der Waals surface area contributed by atoms with E-state index >= 15 is 0 Å². The SMILES string of the molecule is CC(C)(C)c1ccc(N2B3c4cc(C(C)(C)C)ccc4-n4c5ccc(C(C)(C)C)cc5c5c6c(c(c3c54)-c3cc4c(cc32)sc2cc(N(c3ccc(C(C)(C)C)cc3)c3ccc(C(C)(C)C)cc3)ccc24)-c2ccccc2C6(C)C)cc1. The van der Waals surface area contributed by atoms with E-state index in [0.717, 1.165) is 17.1 Å². The number of fused-ring (bicyclic) bond motifs is 16. The van der Waals surface area contributed by atoms with Crippen molar-refractivity contribution in [3.63, 3.8) is 0 Å². The number of rotatable bonds is 4. The number of nitrogens with zero attached hydrogens (tertiary/aromatic N) is 3. The third-order valence-electron chi connectivity index (χ3n) is 18.9. The molecular formula is C77H78BN3S. The maximum absolute atomic E-state index is 2.76. The molecule has 0 N–H and O–H groups in total. The quantitative estimate of drug-likeness (QED) is 0.163. The average molecular weight is 1090 g/mol. The molecular weight excluding hydrogens is 1010 g/mol. The fourth-order valence-electron chi connectivity index (χ4n) is 14.3. The van der Waals surface area contributed by atoms with Gasteiger partial charge in [0.25, 0.3) is 0 Å². The Labute approximate surface area is 491 Å². The van der Waals surface area contributed by atoms with E-state index in [1.54, 1.807) is 0 Å². The smallest absolute Gasteiger partial charge is 0.333 e. The van der Waals surface area contributed by atoms with Crippen LogP contribution < -0.4 is 20.6 Å². The first-order valence-corrected chi connectivity index (χ1v) is 30.8.